The van der Waals surface area contributed by atoms with E-state index < -0.39 is 0 Å². The van der Waals surface area contributed by atoms with Gasteiger partial charge in [0, 0.05) is 50.4 Å². The van der Waals surface area contributed by atoms with Gasteiger partial charge in [0.05, 0.1) is 7.11 Å². The molecule has 2 heterocycles. The molecule has 0 saturated carbocycles. The number of rotatable bonds is 6. The van der Waals surface area contributed by atoms with Gasteiger partial charge in [0.1, 0.15) is 23.3 Å². The standard InChI is InChI=1S/C23H26N2O5/c1-24-8-10-25(11-9-24)12-13-29-20-15-19-21(22(27)23(20)28-2)17(26)14-18(30-19)16-6-4-3-5-7-16/h3-7,14-15,27H,8-13H2,1-2H3. The van der Waals surface area contributed by atoms with Crippen LogP contribution in [0.1, 0.15) is 0 Å². The fraction of sp³-hybridized carbons (Fsp3) is 0.348. The molecule has 0 aliphatic carbocycles. The van der Waals surface area contributed by atoms with Crippen LogP contribution in [-0.2, 0) is 0 Å². The zero-order valence-electron chi connectivity index (χ0n) is 17.3. The summed E-state index contributed by atoms with van der Waals surface area (Å²) in [6.45, 7) is 5.27. The fourth-order valence-corrected chi connectivity index (χ4v) is 3.67. The van der Waals surface area contributed by atoms with E-state index in [4.69, 9.17) is 13.9 Å². The molecule has 158 valence electrons. The zero-order chi connectivity index (χ0) is 21.1. The van der Waals surface area contributed by atoms with Gasteiger partial charge in [-0.05, 0) is 7.05 Å². The second-order valence-corrected chi connectivity index (χ2v) is 7.46. The Morgan fingerprint density at radius 2 is 1.83 bits per heavy atom. The number of methoxy groups -OCH3 is 1. The Balaban J connectivity index is 1.62. The molecule has 0 unspecified atom stereocenters. The summed E-state index contributed by atoms with van der Waals surface area (Å²) >= 11 is 0. The summed E-state index contributed by atoms with van der Waals surface area (Å²) in [6.07, 6.45) is 0. The Morgan fingerprint density at radius 1 is 1.10 bits per heavy atom. The molecule has 7 heteroatoms. The van der Waals surface area contributed by atoms with E-state index in [9.17, 15) is 9.90 Å². The Hall–Kier alpha value is -3.03. The van der Waals surface area contributed by atoms with Crippen molar-refractivity contribution in [1.29, 1.82) is 0 Å². The average Bonchev–Trinajstić information content (AvgIpc) is 2.75. The molecule has 0 bridgehead atoms. The normalized spacial score (nSPS) is 15.4. The van der Waals surface area contributed by atoms with Crippen molar-refractivity contribution in [3.8, 4) is 28.6 Å². The number of fused-ring (bicyclic) bond motifs is 1. The number of hydrogen-bond donors (Lipinski definition) is 1. The lowest BCUT2D eigenvalue weighted by Crippen LogP contribution is -2.45. The minimum atomic E-state index is -0.338. The monoisotopic (exact) mass is 410 g/mol. The number of likely N-dealkylation sites (N-methyl/N-ethyl adjacent to an activating group) is 1. The minimum absolute atomic E-state index is 0.0814. The Morgan fingerprint density at radius 3 is 2.53 bits per heavy atom. The molecule has 7 nitrogen and oxygen atoms in total. The summed E-state index contributed by atoms with van der Waals surface area (Å²) in [4.78, 5) is 17.3. The summed E-state index contributed by atoms with van der Waals surface area (Å²) in [5, 5.41) is 10.8. The summed E-state index contributed by atoms with van der Waals surface area (Å²) in [5.74, 6) is 0.657. The van der Waals surface area contributed by atoms with E-state index in [1.807, 2.05) is 30.3 Å². The summed E-state index contributed by atoms with van der Waals surface area (Å²) in [7, 11) is 3.56. The van der Waals surface area contributed by atoms with Crippen LogP contribution >= 0.6 is 0 Å². The SMILES string of the molecule is COc1c(OCCN2CCN(C)CC2)cc2oc(-c3ccccc3)cc(=O)c2c1O. The number of phenolic OH excluding ortho intramolecular Hbond substituents is 1. The molecule has 0 amide bonds. The first-order chi connectivity index (χ1) is 14.6. The molecule has 0 radical (unpaired) electrons. The molecular weight excluding hydrogens is 384 g/mol. The van der Waals surface area contributed by atoms with Crippen molar-refractivity contribution in [2.45, 2.75) is 0 Å². The van der Waals surface area contributed by atoms with Crippen molar-refractivity contribution in [1.82, 2.24) is 9.80 Å². The zero-order valence-corrected chi connectivity index (χ0v) is 17.3. The van der Waals surface area contributed by atoms with E-state index in [1.165, 1.54) is 13.2 Å². The van der Waals surface area contributed by atoms with Crippen molar-refractivity contribution in [2.75, 3.05) is 53.5 Å². The third-order valence-corrected chi connectivity index (χ3v) is 5.44. The van der Waals surface area contributed by atoms with Gasteiger partial charge in [0.2, 0.25) is 5.75 Å². The number of hydrogen-bond acceptors (Lipinski definition) is 7. The van der Waals surface area contributed by atoms with Crippen LogP contribution in [0.3, 0.4) is 0 Å². The fourth-order valence-electron chi connectivity index (χ4n) is 3.67. The lowest BCUT2D eigenvalue weighted by Gasteiger charge is -2.32. The van der Waals surface area contributed by atoms with Crippen LogP contribution in [0.15, 0.2) is 51.7 Å². The van der Waals surface area contributed by atoms with Gasteiger partial charge in [0.15, 0.2) is 16.9 Å². The van der Waals surface area contributed by atoms with Crippen LogP contribution in [0.2, 0.25) is 0 Å². The van der Waals surface area contributed by atoms with Crippen molar-refractivity contribution < 1.29 is 19.0 Å². The van der Waals surface area contributed by atoms with Crippen LogP contribution in [0.5, 0.6) is 17.2 Å². The second-order valence-electron chi connectivity index (χ2n) is 7.46. The third kappa shape index (κ3) is 4.13. The van der Waals surface area contributed by atoms with Crippen LogP contribution < -0.4 is 14.9 Å². The predicted octanol–water partition coefficient (Wildman–Crippen LogP) is 2.80. The highest BCUT2D eigenvalue weighted by molar-refractivity contribution is 5.89. The number of benzene rings is 2. The predicted molar refractivity (Wildman–Crippen MR) is 116 cm³/mol. The van der Waals surface area contributed by atoms with Crippen LogP contribution in [0.4, 0.5) is 0 Å². The van der Waals surface area contributed by atoms with Crippen molar-refractivity contribution >= 4 is 11.0 Å². The van der Waals surface area contributed by atoms with Gasteiger partial charge in [-0.25, -0.2) is 0 Å². The molecule has 1 aliphatic heterocycles. The van der Waals surface area contributed by atoms with Gasteiger partial charge in [-0.1, -0.05) is 30.3 Å². The molecule has 3 aromatic rings. The van der Waals surface area contributed by atoms with Crippen molar-refractivity contribution in [3.63, 3.8) is 0 Å². The van der Waals surface area contributed by atoms with Gasteiger partial charge in [-0.2, -0.15) is 0 Å². The van der Waals surface area contributed by atoms with E-state index in [1.54, 1.807) is 6.07 Å². The van der Waals surface area contributed by atoms with E-state index in [0.717, 1.165) is 38.3 Å². The molecular formula is C23H26N2O5. The molecule has 0 atom stereocenters. The van der Waals surface area contributed by atoms with Crippen molar-refractivity contribution in [3.05, 3.63) is 52.7 Å². The maximum Gasteiger partial charge on any atom is 0.204 e. The van der Waals surface area contributed by atoms with Crippen LogP contribution in [-0.4, -0.2) is 68.4 Å². The Labute approximate surface area is 175 Å². The van der Waals surface area contributed by atoms with Crippen LogP contribution in [0, 0.1) is 0 Å². The molecule has 4 rings (SSSR count). The summed E-state index contributed by atoms with van der Waals surface area (Å²) in [6, 6.07) is 12.4. The highest BCUT2D eigenvalue weighted by Gasteiger charge is 2.20. The molecule has 1 fully saturated rings. The molecule has 2 aromatic carbocycles. The number of ether oxygens (including phenoxy) is 2. The number of piperazine rings is 1. The maximum absolute atomic E-state index is 12.7. The summed E-state index contributed by atoms with van der Waals surface area (Å²) in [5.41, 5.74) is 0.702. The quantitative estimate of drug-likeness (QED) is 0.670. The molecule has 1 saturated heterocycles. The average molecular weight is 410 g/mol. The van der Waals surface area contributed by atoms with Gasteiger partial charge in [-0.15, -0.1) is 0 Å². The molecule has 30 heavy (non-hydrogen) atoms. The minimum Gasteiger partial charge on any atom is -0.504 e. The molecule has 1 aromatic heterocycles. The number of phenols is 1. The highest BCUT2D eigenvalue weighted by atomic mass is 16.5. The van der Waals surface area contributed by atoms with E-state index in [0.29, 0.717) is 18.1 Å². The van der Waals surface area contributed by atoms with E-state index in [2.05, 4.69) is 16.8 Å². The van der Waals surface area contributed by atoms with Gasteiger partial charge in [-0.3, -0.25) is 9.69 Å². The molecule has 0 spiro atoms. The van der Waals surface area contributed by atoms with Crippen molar-refractivity contribution in [2.24, 2.45) is 0 Å². The van der Waals surface area contributed by atoms with Crippen LogP contribution in [0.25, 0.3) is 22.3 Å². The first kappa shape index (κ1) is 20.3. The lowest BCUT2D eigenvalue weighted by molar-refractivity contribution is 0.132. The first-order valence-electron chi connectivity index (χ1n) is 10.0. The smallest absolute Gasteiger partial charge is 0.204 e. The molecule has 1 aliphatic rings. The number of aromatic hydroxyl groups is 1. The van der Waals surface area contributed by atoms with Gasteiger partial charge >= 0.3 is 0 Å². The maximum atomic E-state index is 12.7. The largest absolute Gasteiger partial charge is 0.504 e. The summed E-state index contributed by atoms with van der Waals surface area (Å²) < 4.78 is 17.2. The Kier molecular flexibility index (Phi) is 5.92. The van der Waals surface area contributed by atoms with Gasteiger partial charge < -0.3 is 23.9 Å². The van der Waals surface area contributed by atoms with E-state index in [-0.39, 0.29) is 27.9 Å². The van der Waals surface area contributed by atoms with Gasteiger partial charge in [0.25, 0.3) is 0 Å². The number of nitrogens with zero attached hydrogens (tertiary/aromatic N) is 2. The lowest BCUT2D eigenvalue weighted by atomic mass is 10.1. The topological polar surface area (TPSA) is 75.4 Å². The second kappa shape index (κ2) is 8.77. The Bertz CT molecular complexity index is 1070. The third-order valence-electron chi connectivity index (χ3n) is 5.44. The molecule has 1 N–H and O–H groups in total. The van der Waals surface area contributed by atoms with E-state index >= 15 is 0 Å². The first-order valence-corrected chi connectivity index (χ1v) is 10.0. The highest BCUT2D eigenvalue weighted by Crippen LogP contribution is 2.42.